The number of rotatable bonds is 3. The Hall–Kier alpha value is -0.510. The zero-order valence-corrected chi connectivity index (χ0v) is 7.61. The highest BCUT2D eigenvalue weighted by molar-refractivity contribution is 9.09. The highest BCUT2D eigenvalue weighted by Gasteiger charge is 2.04. The van der Waals surface area contributed by atoms with Crippen molar-refractivity contribution in [1.82, 2.24) is 0 Å². The summed E-state index contributed by atoms with van der Waals surface area (Å²) in [6.07, 6.45) is 2.02. The summed E-state index contributed by atoms with van der Waals surface area (Å²) in [6.45, 7) is 4.80. The molecule has 0 fully saturated rings. The van der Waals surface area contributed by atoms with Gasteiger partial charge in [0, 0.05) is 11.0 Å². The highest BCUT2D eigenvalue weighted by Crippen LogP contribution is 2.08. The molecule has 0 rings (SSSR count). The lowest BCUT2D eigenvalue weighted by atomic mass is 10.4. The molecule has 1 unspecified atom stereocenters. The Morgan fingerprint density at radius 3 is 2.55 bits per heavy atom. The molecule has 62 valence electrons. The third-order valence-electron chi connectivity index (χ3n) is 0.778. The minimum atomic E-state index is -1.15. The molecule has 0 N–H and O–H groups in total. The van der Waals surface area contributed by atoms with Gasteiger partial charge >= 0.3 is 0 Å². The number of hydrogen-bond donors (Lipinski definition) is 0. The number of alkyl halides is 1. The van der Waals surface area contributed by atoms with Crippen molar-refractivity contribution in [2.45, 2.75) is 11.8 Å². The van der Waals surface area contributed by atoms with Crippen LogP contribution in [-0.2, 0) is 0 Å². The van der Waals surface area contributed by atoms with E-state index in [2.05, 4.69) is 27.5 Å². The minimum Gasteiger partial charge on any atom is -0.226 e. The third kappa shape index (κ3) is 4.84. The fraction of sp³-hybridized carbons (Fsp3) is 0.286. The van der Waals surface area contributed by atoms with Gasteiger partial charge in [-0.2, -0.15) is 4.39 Å². The van der Waals surface area contributed by atoms with E-state index in [0.717, 1.165) is 12.3 Å². The summed E-state index contributed by atoms with van der Waals surface area (Å²) in [5.41, 5.74) is 0. The first kappa shape index (κ1) is 10.5. The second kappa shape index (κ2) is 5.18. The summed E-state index contributed by atoms with van der Waals surface area (Å²) >= 11 is 3.03. The van der Waals surface area contributed by atoms with Crippen molar-refractivity contribution in [3.8, 4) is 0 Å². The maximum atomic E-state index is 12.5. The van der Waals surface area contributed by atoms with Crippen molar-refractivity contribution in [2.24, 2.45) is 4.99 Å². The van der Waals surface area contributed by atoms with E-state index < -0.39 is 11.8 Å². The lowest BCUT2D eigenvalue weighted by Crippen LogP contribution is -1.92. The molecule has 0 spiro atoms. The molecular weight excluding hydrogens is 216 g/mol. The minimum absolute atomic E-state index is 0.215. The SMILES string of the molecule is C=C/N=C(F)\C(F)=C/C(C)Br. The molecule has 0 radical (unpaired) electrons. The van der Waals surface area contributed by atoms with Gasteiger partial charge in [-0.3, -0.25) is 0 Å². The van der Waals surface area contributed by atoms with Crippen LogP contribution in [0.1, 0.15) is 6.92 Å². The number of hydrogen-bond acceptors (Lipinski definition) is 1. The molecule has 4 heteroatoms. The maximum absolute atomic E-state index is 12.5. The lowest BCUT2D eigenvalue weighted by molar-refractivity contribution is 0.637. The van der Waals surface area contributed by atoms with Gasteiger partial charge in [-0.25, -0.2) is 9.38 Å². The maximum Gasteiger partial charge on any atom is 0.248 e. The second-order valence-electron chi connectivity index (χ2n) is 1.79. The molecule has 0 aliphatic heterocycles. The Balaban J connectivity index is 4.34. The predicted octanol–water partition coefficient (Wildman–Crippen LogP) is 3.13. The van der Waals surface area contributed by atoms with Gasteiger partial charge in [0.15, 0.2) is 5.83 Å². The lowest BCUT2D eigenvalue weighted by Gasteiger charge is -1.93. The number of allylic oxidation sites excluding steroid dienone is 2. The molecule has 0 bridgehead atoms. The third-order valence-corrected chi connectivity index (χ3v) is 1.04. The van der Waals surface area contributed by atoms with Crippen LogP contribution in [0.2, 0.25) is 0 Å². The molecular formula is C7H8BrF2N. The van der Waals surface area contributed by atoms with Crippen LogP contribution in [0.15, 0.2) is 29.7 Å². The standard InChI is InChI=1S/C7H8BrF2N/c1-3-11-7(10)6(9)4-5(2)8/h3-5H,1H2,2H3/b6-4+,11-7+. The summed E-state index contributed by atoms with van der Waals surface area (Å²) in [6, 6.07) is 0. The summed E-state index contributed by atoms with van der Waals surface area (Å²) < 4.78 is 24.9. The Labute approximate surface area is 72.6 Å². The first-order chi connectivity index (χ1) is 5.07. The van der Waals surface area contributed by atoms with Crippen molar-refractivity contribution in [1.29, 1.82) is 0 Å². The first-order valence-corrected chi connectivity index (χ1v) is 3.85. The van der Waals surface area contributed by atoms with Crippen molar-refractivity contribution < 1.29 is 8.78 Å². The van der Waals surface area contributed by atoms with Gasteiger partial charge < -0.3 is 0 Å². The molecule has 0 saturated heterocycles. The highest BCUT2D eigenvalue weighted by atomic mass is 79.9. The average Bonchev–Trinajstić information content (AvgIpc) is 1.86. The molecule has 11 heavy (non-hydrogen) atoms. The number of halogens is 3. The summed E-state index contributed by atoms with van der Waals surface area (Å²) in [4.78, 5) is 2.81. The van der Waals surface area contributed by atoms with E-state index >= 15 is 0 Å². The van der Waals surface area contributed by atoms with Gasteiger partial charge in [0.1, 0.15) is 0 Å². The smallest absolute Gasteiger partial charge is 0.226 e. The quantitative estimate of drug-likeness (QED) is 0.515. The normalized spacial score (nSPS) is 16.4. The molecule has 1 atom stereocenters. The van der Waals surface area contributed by atoms with E-state index in [0.29, 0.717) is 0 Å². The van der Waals surface area contributed by atoms with Crippen LogP contribution in [0.5, 0.6) is 0 Å². The van der Waals surface area contributed by atoms with Crippen LogP contribution >= 0.6 is 15.9 Å². The van der Waals surface area contributed by atoms with E-state index in [4.69, 9.17) is 0 Å². The molecule has 0 aliphatic carbocycles. The molecule has 0 aliphatic rings. The van der Waals surface area contributed by atoms with Gasteiger partial charge in [0.2, 0.25) is 5.97 Å². The zero-order valence-electron chi connectivity index (χ0n) is 6.02. The monoisotopic (exact) mass is 223 g/mol. The largest absolute Gasteiger partial charge is 0.248 e. The molecule has 0 aromatic rings. The zero-order chi connectivity index (χ0) is 8.85. The fourth-order valence-electron chi connectivity index (χ4n) is 0.412. The van der Waals surface area contributed by atoms with Gasteiger partial charge in [-0.15, -0.1) is 0 Å². The Bertz CT molecular complexity index is 197. The van der Waals surface area contributed by atoms with Crippen molar-refractivity contribution in [3.63, 3.8) is 0 Å². The summed E-state index contributed by atoms with van der Waals surface area (Å²) in [7, 11) is 0. The topological polar surface area (TPSA) is 12.4 Å². The van der Waals surface area contributed by atoms with Gasteiger partial charge in [0.05, 0.1) is 0 Å². The average molecular weight is 224 g/mol. The number of aliphatic imine (C=N–C) groups is 1. The molecule has 0 heterocycles. The molecule has 0 aromatic heterocycles. The van der Waals surface area contributed by atoms with Crippen LogP contribution in [-0.4, -0.2) is 10.8 Å². The van der Waals surface area contributed by atoms with Crippen LogP contribution < -0.4 is 0 Å². The Morgan fingerprint density at radius 2 is 2.18 bits per heavy atom. The first-order valence-electron chi connectivity index (χ1n) is 2.94. The van der Waals surface area contributed by atoms with E-state index in [1.54, 1.807) is 6.92 Å². The number of nitrogens with zero attached hydrogens (tertiary/aromatic N) is 1. The van der Waals surface area contributed by atoms with E-state index in [-0.39, 0.29) is 4.83 Å². The van der Waals surface area contributed by atoms with E-state index in [9.17, 15) is 8.78 Å². The van der Waals surface area contributed by atoms with Crippen LogP contribution in [0.3, 0.4) is 0 Å². The van der Waals surface area contributed by atoms with Crippen LogP contribution in [0.4, 0.5) is 8.78 Å². The molecule has 0 saturated carbocycles. The van der Waals surface area contributed by atoms with Crippen molar-refractivity contribution in [2.75, 3.05) is 0 Å². The summed E-state index contributed by atoms with van der Waals surface area (Å²) in [5, 5.41) is 0. The van der Waals surface area contributed by atoms with Gasteiger partial charge in [-0.1, -0.05) is 22.5 Å². The fourth-order valence-corrected chi connectivity index (χ4v) is 0.644. The molecule has 0 aromatic carbocycles. The molecule has 0 amide bonds. The van der Waals surface area contributed by atoms with Gasteiger partial charge in [0.25, 0.3) is 0 Å². The Morgan fingerprint density at radius 1 is 1.64 bits per heavy atom. The van der Waals surface area contributed by atoms with Crippen LogP contribution in [0.25, 0.3) is 0 Å². The second-order valence-corrected chi connectivity index (χ2v) is 3.24. The predicted molar refractivity (Wildman–Crippen MR) is 46.3 cm³/mol. The summed E-state index contributed by atoms with van der Waals surface area (Å²) in [5.74, 6) is -2.12. The van der Waals surface area contributed by atoms with E-state index in [1.165, 1.54) is 0 Å². The van der Waals surface area contributed by atoms with Crippen molar-refractivity contribution >= 4 is 21.9 Å². The van der Waals surface area contributed by atoms with Crippen LogP contribution in [0, 0.1) is 0 Å². The van der Waals surface area contributed by atoms with Crippen molar-refractivity contribution in [3.05, 3.63) is 24.7 Å². The molecule has 1 nitrogen and oxygen atoms in total. The van der Waals surface area contributed by atoms with Gasteiger partial charge in [-0.05, 0) is 13.0 Å². The van der Waals surface area contributed by atoms with E-state index in [1.807, 2.05) is 0 Å². The Kier molecular flexibility index (Phi) is 4.94.